The summed E-state index contributed by atoms with van der Waals surface area (Å²) in [5.41, 5.74) is 1.51. The van der Waals surface area contributed by atoms with Crippen molar-refractivity contribution >= 4 is 27.5 Å². The van der Waals surface area contributed by atoms with E-state index in [2.05, 4.69) is 21.2 Å². The Morgan fingerprint density at radius 1 is 1.53 bits per heavy atom. The molecule has 5 heteroatoms. The van der Waals surface area contributed by atoms with E-state index in [1.165, 1.54) is 0 Å². The molecule has 0 bridgehead atoms. The number of halogens is 1. The summed E-state index contributed by atoms with van der Waals surface area (Å²) in [4.78, 5) is 12.1. The smallest absolute Gasteiger partial charge is 0.289 e. The Labute approximate surface area is 107 Å². The van der Waals surface area contributed by atoms with Crippen molar-refractivity contribution in [3.63, 3.8) is 0 Å². The number of ether oxygens (including phenoxy) is 2. The van der Waals surface area contributed by atoms with E-state index in [-0.39, 0.29) is 12.0 Å². The summed E-state index contributed by atoms with van der Waals surface area (Å²) in [5, 5.41) is 2.80. The summed E-state index contributed by atoms with van der Waals surface area (Å²) in [6, 6.07) is 5.59. The Morgan fingerprint density at radius 2 is 2.35 bits per heavy atom. The average molecular weight is 298 g/mol. The van der Waals surface area contributed by atoms with Crippen LogP contribution in [0.5, 0.6) is 0 Å². The van der Waals surface area contributed by atoms with E-state index in [4.69, 9.17) is 9.47 Å². The van der Waals surface area contributed by atoms with Crippen LogP contribution in [0, 0.1) is 0 Å². The molecule has 0 aromatic heterocycles. The molecule has 4 nitrogen and oxygen atoms in total. The summed E-state index contributed by atoms with van der Waals surface area (Å²) in [6.07, 6.45) is 0.817. The molecule has 0 unspecified atom stereocenters. The second kappa shape index (κ2) is 3.80. The number of hydrogen-bond donors (Lipinski definition) is 1. The van der Waals surface area contributed by atoms with Crippen molar-refractivity contribution in [2.24, 2.45) is 0 Å². The molecular formula is C12H12BrNO3. The molecule has 0 aliphatic carbocycles. The number of rotatable bonds is 0. The predicted octanol–water partition coefficient (Wildman–Crippen LogP) is 2.38. The Hall–Kier alpha value is -0.910. The molecule has 1 saturated heterocycles. The molecule has 1 amide bonds. The maximum atomic E-state index is 12.1. The van der Waals surface area contributed by atoms with Gasteiger partial charge in [0, 0.05) is 10.0 Å². The first-order valence-electron chi connectivity index (χ1n) is 5.55. The second-order valence-electron chi connectivity index (χ2n) is 4.33. The highest BCUT2D eigenvalue weighted by Gasteiger charge is 2.52. The largest absolute Gasteiger partial charge is 0.338 e. The fourth-order valence-electron chi connectivity index (χ4n) is 2.23. The van der Waals surface area contributed by atoms with E-state index in [0.29, 0.717) is 6.61 Å². The first kappa shape index (κ1) is 11.2. The van der Waals surface area contributed by atoms with Gasteiger partial charge in [0.15, 0.2) is 0 Å². The van der Waals surface area contributed by atoms with E-state index in [1.807, 2.05) is 25.1 Å². The van der Waals surface area contributed by atoms with Crippen molar-refractivity contribution < 1.29 is 14.3 Å². The molecule has 0 saturated carbocycles. The molecular weight excluding hydrogens is 286 g/mol. The van der Waals surface area contributed by atoms with Crippen LogP contribution in [0.3, 0.4) is 0 Å². The van der Waals surface area contributed by atoms with Crippen LogP contribution in [0.1, 0.15) is 18.9 Å². The van der Waals surface area contributed by atoms with Crippen LogP contribution in [-0.4, -0.2) is 18.6 Å². The van der Waals surface area contributed by atoms with Crippen LogP contribution >= 0.6 is 15.9 Å². The number of nitrogens with one attached hydrogen (secondary N) is 1. The summed E-state index contributed by atoms with van der Waals surface area (Å²) >= 11 is 3.40. The Morgan fingerprint density at radius 3 is 3.12 bits per heavy atom. The zero-order chi connectivity index (χ0) is 12.0. The van der Waals surface area contributed by atoms with Crippen LogP contribution in [0.15, 0.2) is 22.7 Å². The zero-order valence-corrected chi connectivity index (χ0v) is 10.9. The lowest BCUT2D eigenvalue weighted by Gasteiger charge is -2.35. The highest BCUT2D eigenvalue weighted by Crippen LogP contribution is 2.43. The number of benzene rings is 1. The Kier molecular flexibility index (Phi) is 2.50. The number of fused-ring (bicyclic) bond motifs is 2. The molecule has 1 fully saturated rings. The van der Waals surface area contributed by atoms with E-state index in [9.17, 15) is 4.79 Å². The van der Waals surface area contributed by atoms with Gasteiger partial charge >= 0.3 is 0 Å². The van der Waals surface area contributed by atoms with Crippen LogP contribution in [0.2, 0.25) is 0 Å². The van der Waals surface area contributed by atoms with Crippen LogP contribution in [-0.2, 0) is 20.1 Å². The first-order valence-corrected chi connectivity index (χ1v) is 6.34. The number of carbonyl (C=O) groups is 1. The SMILES string of the molecule is C[C@H]1CCO[C@]2(O1)C(=O)Nc1ccc(Br)cc12. The van der Waals surface area contributed by atoms with E-state index in [0.717, 1.165) is 22.1 Å². The first-order chi connectivity index (χ1) is 8.12. The third-order valence-corrected chi connectivity index (χ3v) is 3.57. The van der Waals surface area contributed by atoms with Crippen molar-refractivity contribution in [2.45, 2.75) is 25.2 Å². The highest BCUT2D eigenvalue weighted by molar-refractivity contribution is 9.10. The molecule has 1 N–H and O–H groups in total. The molecule has 90 valence electrons. The van der Waals surface area contributed by atoms with Crippen molar-refractivity contribution in [1.29, 1.82) is 0 Å². The van der Waals surface area contributed by atoms with Gasteiger partial charge in [-0.25, -0.2) is 0 Å². The van der Waals surface area contributed by atoms with Crippen LogP contribution in [0.25, 0.3) is 0 Å². The zero-order valence-electron chi connectivity index (χ0n) is 9.33. The fraction of sp³-hybridized carbons (Fsp3) is 0.417. The predicted molar refractivity (Wildman–Crippen MR) is 65.6 cm³/mol. The average Bonchev–Trinajstić information content (AvgIpc) is 2.53. The molecule has 1 aromatic carbocycles. The van der Waals surface area contributed by atoms with Gasteiger partial charge in [0.1, 0.15) is 0 Å². The standard InChI is InChI=1S/C12H12BrNO3/c1-7-4-5-16-12(17-7)9-6-8(13)2-3-10(9)14-11(12)15/h2-3,6-7H,4-5H2,1H3,(H,14,15)/t7-,12+/m0/s1. The van der Waals surface area contributed by atoms with Crippen LogP contribution in [0.4, 0.5) is 5.69 Å². The van der Waals surface area contributed by atoms with E-state index < -0.39 is 5.79 Å². The number of anilines is 1. The minimum atomic E-state index is -1.25. The van der Waals surface area contributed by atoms with Gasteiger partial charge in [0.05, 0.1) is 18.4 Å². The van der Waals surface area contributed by atoms with Gasteiger partial charge in [-0.3, -0.25) is 4.79 Å². The topological polar surface area (TPSA) is 47.6 Å². The minimum absolute atomic E-state index is 0.0134. The third kappa shape index (κ3) is 1.61. The van der Waals surface area contributed by atoms with Gasteiger partial charge in [-0.05, 0) is 31.5 Å². The normalized spacial score (nSPS) is 31.4. The van der Waals surface area contributed by atoms with Gasteiger partial charge in [0.2, 0.25) is 0 Å². The molecule has 2 aliphatic heterocycles. The van der Waals surface area contributed by atoms with Crippen molar-refractivity contribution in [3.05, 3.63) is 28.2 Å². The quantitative estimate of drug-likeness (QED) is 0.800. The van der Waals surface area contributed by atoms with Gasteiger partial charge in [-0.1, -0.05) is 15.9 Å². The lowest BCUT2D eigenvalue weighted by Crippen LogP contribution is -2.46. The summed E-state index contributed by atoms with van der Waals surface area (Å²) in [6.45, 7) is 2.48. The van der Waals surface area contributed by atoms with Gasteiger partial charge < -0.3 is 14.8 Å². The Balaban J connectivity index is 2.11. The van der Waals surface area contributed by atoms with Crippen molar-refractivity contribution in [3.8, 4) is 0 Å². The van der Waals surface area contributed by atoms with Crippen LogP contribution < -0.4 is 5.32 Å². The lowest BCUT2D eigenvalue weighted by molar-refractivity contribution is -0.276. The molecule has 1 aromatic rings. The number of carbonyl (C=O) groups excluding carboxylic acids is 1. The molecule has 2 aliphatic rings. The number of hydrogen-bond acceptors (Lipinski definition) is 3. The maximum absolute atomic E-state index is 12.1. The lowest BCUT2D eigenvalue weighted by atomic mass is 10.1. The molecule has 3 rings (SSSR count). The minimum Gasteiger partial charge on any atom is -0.338 e. The Bertz CT molecular complexity index is 491. The maximum Gasteiger partial charge on any atom is 0.289 e. The summed E-state index contributed by atoms with van der Waals surface area (Å²) in [7, 11) is 0. The van der Waals surface area contributed by atoms with Crippen molar-refractivity contribution in [2.75, 3.05) is 11.9 Å². The molecule has 2 atom stereocenters. The van der Waals surface area contributed by atoms with Gasteiger partial charge in [-0.15, -0.1) is 0 Å². The monoisotopic (exact) mass is 297 g/mol. The number of amides is 1. The summed E-state index contributed by atoms with van der Waals surface area (Å²) in [5.74, 6) is -1.49. The van der Waals surface area contributed by atoms with E-state index in [1.54, 1.807) is 0 Å². The van der Waals surface area contributed by atoms with Gasteiger partial charge in [0.25, 0.3) is 11.7 Å². The molecule has 1 spiro atoms. The fourth-order valence-corrected chi connectivity index (χ4v) is 2.59. The second-order valence-corrected chi connectivity index (χ2v) is 5.24. The van der Waals surface area contributed by atoms with Gasteiger partial charge in [-0.2, -0.15) is 0 Å². The summed E-state index contributed by atoms with van der Waals surface area (Å²) < 4.78 is 12.3. The van der Waals surface area contributed by atoms with Crippen molar-refractivity contribution in [1.82, 2.24) is 0 Å². The molecule has 17 heavy (non-hydrogen) atoms. The van der Waals surface area contributed by atoms with E-state index >= 15 is 0 Å². The molecule has 0 radical (unpaired) electrons. The third-order valence-electron chi connectivity index (χ3n) is 3.08. The highest BCUT2D eigenvalue weighted by atomic mass is 79.9. The molecule has 2 heterocycles.